The molecular formula is C15H13NO6S2. The summed E-state index contributed by atoms with van der Waals surface area (Å²) in [5, 5.41) is 4.18. The van der Waals surface area contributed by atoms with Crippen molar-refractivity contribution in [3.8, 4) is 5.75 Å². The highest BCUT2D eigenvalue weighted by atomic mass is 32.2. The molecule has 0 bridgehead atoms. The van der Waals surface area contributed by atoms with Crippen LogP contribution in [0.15, 0.2) is 34.5 Å². The number of thiophene rings is 1. The van der Waals surface area contributed by atoms with Gasteiger partial charge in [0.2, 0.25) is 5.91 Å². The summed E-state index contributed by atoms with van der Waals surface area (Å²) in [5.74, 6) is -0.697. The topological polar surface area (TPSA) is 98.8 Å². The molecule has 1 amide bonds. The van der Waals surface area contributed by atoms with Gasteiger partial charge in [0.25, 0.3) is 0 Å². The fraction of sp³-hybridized carbons (Fsp3) is 0.200. The lowest BCUT2D eigenvalue weighted by Gasteiger charge is -2.17. The number of nitrogens with one attached hydrogen (secondary N) is 1. The number of aryl methyl sites for hydroxylation is 1. The third kappa shape index (κ3) is 3.13. The summed E-state index contributed by atoms with van der Waals surface area (Å²) in [6.07, 6.45) is 0.838. The van der Waals surface area contributed by atoms with Crippen molar-refractivity contribution in [1.29, 1.82) is 0 Å². The van der Waals surface area contributed by atoms with Crippen LogP contribution in [0.3, 0.4) is 0 Å². The summed E-state index contributed by atoms with van der Waals surface area (Å²) in [5.41, 5.74) is 1.43. The number of methoxy groups -OCH3 is 1. The first-order valence-electron chi connectivity index (χ1n) is 6.94. The van der Waals surface area contributed by atoms with E-state index < -0.39 is 16.1 Å². The average molecular weight is 367 g/mol. The lowest BCUT2D eigenvalue weighted by atomic mass is 10.0. The minimum atomic E-state index is -4.17. The SMILES string of the molecule is COC(=O)c1sccc1S(=O)(=O)Oc1ccc2c(c1)CCC(=O)N2. The molecule has 0 unspecified atom stereocenters. The predicted molar refractivity (Wildman–Crippen MR) is 86.9 cm³/mol. The summed E-state index contributed by atoms with van der Waals surface area (Å²) in [6, 6.07) is 5.90. The van der Waals surface area contributed by atoms with Gasteiger partial charge in [0.1, 0.15) is 15.5 Å². The lowest BCUT2D eigenvalue weighted by Crippen LogP contribution is -2.19. The monoisotopic (exact) mass is 367 g/mol. The van der Waals surface area contributed by atoms with Crippen molar-refractivity contribution < 1.29 is 26.9 Å². The molecule has 1 N–H and O–H groups in total. The second-order valence-electron chi connectivity index (χ2n) is 5.01. The molecule has 0 radical (unpaired) electrons. The second-order valence-corrected chi connectivity index (χ2v) is 7.44. The van der Waals surface area contributed by atoms with Gasteiger partial charge < -0.3 is 14.2 Å². The molecule has 3 rings (SSSR count). The quantitative estimate of drug-likeness (QED) is 0.657. The number of rotatable bonds is 4. The molecule has 9 heteroatoms. The molecule has 0 saturated heterocycles. The largest absolute Gasteiger partial charge is 0.465 e. The molecule has 1 aliphatic heterocycles. The maximum absolute atomic E-state index is 12.4. The van der Waals surface area contributed by atoms with E-state index in [-0.39, 0.29) is 21.4 Å². The minimum Gasteiger partial charge on any atom is -0.465 e. The van der Waals surface area contributed by atoms with Crippen LogP contribution in [-0.2, 0) is 26.1 Å². The van der Waals surface area contributed by atoms with E-state index in [2.05, 4.69) is 10.1 Å². The van der Waals surface area contributed by atoms with E-state index in [1.165, 1.54) is 24.6 Å². The Hall–Kier alpha value is -2.39. The lowest BCUT2D eigenvalue weighted by molar-refractivity contribution is -0.116. The maximum Gasteiger partial charge on any atom is 0.349 e. The normalized spacial score (nSPS) is 13.8. The smallest absolute Gasteiger partial charge is 0.349 e. The fourth-order valence-corrected chi connectivity index (χ4v) is 4.55. The first-order chi connectivity index (χ1) is 11.4. The molecule has 0 atom stereocenters. The van der Waals surface area contributed by atoms with Crippen molar-refractivity contribution in [2.45, 2.75) is 17.7 Å². The first-order valence-corrected chi connectivity index (χ1v) is 9.22. The Kier molecular flexibility index (Phi) is 4.29. The number of carbonyl (C=O) groups is 2. The van der Waals surface area contributed by atoms with E-state index in [0.29, 0.717) is 18.5 Å². The van der Waals surface area contributed by atoms with Crippen molar-refractivity contribution in [1.82, 2.24) is 0 Å². The molecule has 2 aromatic rings. The summed E-state index contributed by atoms with van der Waals surface area (Å²) >= 11 is 0.962. The Morgan fingerprint density at radius 3 is 2.79 bits per heavy atom. The second kappa shape index (κ2) is 6.25. The van der Waals surface area contributed by atoms with Gasteiger partial charge in [-0.25, -0.2) is 4.79 Å². The minimum absolute atomic E-state index is 0.0391. The number of esters is 1. The van der Waals surface area contributed by atoms with Crippen LogP contribution in [0.1, 0.15) is 21.7 Å². The van der Waals surface area contributed by atoms with E-state index in [4.69, 9.17) is 4.18 Å². The Bertz CT molecular complexity index is 916. The van der Waals surface area contributed by atoms with Gasteiger partial charge in [-0.2, -0.15) is 8.42 Å². The number of benzene rings is 1. The number of amides is 1. The van der Waals surface area contributed by atoms with Crippen LogP contribution >= 0.6 is 11.3 Å². The number of hydrogen-bond donors (Lipinski definition) is 1. The molecule has 0 saturated carbocycles. The molecule has 1 aromatic carbocycles. The zero-order valence-electron chi connectivity index (χ0n) is 12.6. The van der Waals surface area contributed by atoms with Crippen LogP contribution < -0.4 is 9.50 Å². The van der Waals surface area contributed by atoms with Crippen LogP contribution in [0, 0.1) is 0 Å². The van der Waals surface area contributed by atoms with E-state index in [9.17, 15) is 18.0 Å². The van der Waals surface area contributed by atoms with Gasteiger partial charge >= 0.3 is 16.1 Å². The first kappa shape index (κ1) is 16.5. The summed E-state index contributed by atoms with van der Waals surface area (Å²) in [4.78, 5) is 22.7. The van der Waals surface area contributed by atoms with Gasteiger partial charge in [0, 0.05) is 12.1 Å². The zero-order chi connectivity index (χ0) is 17.3. The van der Waals surface area contributed by atoms with Crippen LogP contribution in [0.2, 0.25) is 0 Å². The Morgan fingerprint density at radius 2 is 2.04 bits per heavy atom. The molecule has 24 heavy (non-hydrogen) atoms. The molecule has 7 nitrogen and oxygen atoms in total. The Morgan fingerprint density at radius 1 is 1.25 bits per heavy atom. The predicted octanol–water partition coefficient (Wildman–Crippen LogP) is 2.19. The van der Waals surface area contributed by atoms with Gasteiger partial charge in [-0.1, -0.05) is 0 Å². The Labute approximate surface area is 142 Å². The molecule has 2 heterocycles. The van der Waals surface area contributed by atoms with Crippen LogP contribution in [0.25, 0.3) is 0 Å². The highest BCUT2D eigenvalue weighted by Gasteiger charge is 2.27. The fourth-order valence-electron chi connectivity index (χ4n) is 2.32. The third-order valence-electron chi connectivity index (χ3n) is 3.45. The molecule has 126 valence electrons. The standard InChI is InChI=1S/C15H13NO6S2/c1-21-15(18)14-12(6-7-23-14)24(19,20)22-10-3-4-11-9(8-10)2-5-13(17)16-11/h3-4,6-8H,2,5H2,1H3,(H,16,17). The molecule has 0 fully saturated rings. The van der Waals surface area contributed by atoms with Gasteiger partial charge in [-0.05, 0) is 41.6 Å². The van der Waals surface area contributed by atoms with Crippen LogP contribution in [-0.4, -0.2) is 27.4 Å². The van der Waals surface area contributed by atoms with Crippen LogP contribution in [0.4, 0.5) is 5.69 Å². The number of carbonyl (C=O) groups excluding carboxylic acids is 2. The summed E-state index contributed by atoms with van der Waals surface area (Å²) < 4.78 is 34.6. The molecule has 1 aromatic heterocycles. The third-order valence-corrected chi connectivity index (χ3v) is 5.76. The number of anilines is 1. The number of fused-ring (bicyclic) bond motifs is 1. The van der Waals surface area contributed by atoms with E-state index in [1.807, 2.05) is 0 Å². The zero-order valence-corrected chi connectivity index (χ0v) is 14.2. The van der Waals surface area contributed by atoms with E-state index in [1.54, 1.807) is 12.1 Å². The van der Waals surface area contributed by atoms with Gasteiger partial charge in [-0.3, -0.25) is 4.79 Å². The highest BCUT2D eigenvalue weighted by molar-refractivity contribution is 7.87. The van der Waals surface area contributed by atoms with Gasteiger partial charge in [0.15, 0.2) is 0 Å². The van der Waals surface area contributed by atoms with Crippen molar-refractivity contribution in [2.75, 3.05) is 12.4 Å². The molecular weight excluding hydrogens is 354 g/mol. The van der Waals surface area contributed by atoms with Gasteiger partial charge in [0.05, 0.1) is 7.11 Å². The van der Waals surface area contributed by atoms with Crippen molar-refractivity contribution in [3.63, 3.8) is 0 Å². The average Bonchev–Trinajstić information content (AvgIpc) is 3.04. The molecule has 1 aliphatic rings. The number of hydrogen-bond acceptors (Lipinski definition) is 7. The molecule has 0 spiro atoms. The number of ether oxygens (including phenoxy) is 1. The Balaban J connectivity index is 1.89. The van der Waals surface area contributed by atoms with E-state index >= 15 is 0 Å². The highest BCUT2D eigenvalue weighted by Crippen LogP contribution is 2.30. The van der Waals surface area contributed by atoms with Gasteiger partial charge in [-0.15, -0.1) is 11.3 Å². The molecule has 0 aliphatic carbocycles. The maximum atomic E-state index is 12.4. The van der Waals surface area contributed by atoms with Crippen LogP contribution in [0.5, 0.6) is 5.75 Å². The summed E-state index contributed by atoms with van der Waals surface area (Å²) in [7, 11) is -2.99. The summed E-state index contributed by atoms with van der Waals surface area (Å²) in [6.45, 7) is 0. The van der Waals surface area contributed by atoms with Crippen molar-refractivity contribution in [3.05, 3.63) is 40.1 Å². The van der Waals surface area contributed by atoms with Crippen molar-refractivity contribution >= 4 is 39.0 Å². The van der Waals surface area contributed by atoms with E-state index in [0.717, 1.165) is 16.9 Å². The van der Waals surface area contributed by atoms with Crippen molar-refractivity contribution in [2.24, 2.45) is 0 Å².